The summed E-state index contributed by atoms with van der Waals surface area (Å²) in [5.74, 6) is 3.03. The molecule has 1 aromatic heterocycles. The van der Waals surface area contributed by atoms with Gasteiger partial charge in [-0.25, -0.2) is 13.4 Å². The Bertz CT molecular complexity index is 1020. The molecule has 1 unspecified atom stereocenters. The molecule has 8 heteroatoms. The average molecular weight is 434 g/mol. The SMILES string of the molecule is COc1cc(C)c(-c2nc(CN3CCN(C4CCS(=O)(=O)C4)CC3)c(C)o2)cc1C. The third-order valence-electron chi connectivity index (χ3n) is 6.37. The second-order valence-electron chi connectivity index (χ2n) is 8.53. The van der Waals surface area contributed by atoms with Crippen LogP contribution in [0, 0.1) is 20.8 Å². The van der Waals surface area contributed by atoms with Crippen molar-refractivity contribution in [2.45, 2.75) is 39.8 Å². The van der Waals surface area contributed by atoms with Gasteiger partial charge in [-0.2, -0.15) is 0 Å². The van der Waals surface area contributed by atoms with Crippen molar-refractivity contribution in [3.8, 4) is 17.2 Å². The first-order valence-electron chi connectivity index (χ1n) is 10.5. The van der Waals surface area contributed by atoms with Crippen LogP contribution >= 0.6 is 0 Å². The van der Waals surface area contributed by atoms with Gasteiger partial charge < -0.3 is 9.15 Å². The van der Waals surface area contributed by atoms with Crippen molar-refractivity contribution in [3.05, 3.63) is 34.7 Å². The van der Waals surface area contributed by atoms with Crippen molar-refractivity contribution in [3.63, 3.8) is 0 Å². The first-order chi connectivity index (χ1) is 14.3. The number of aromatic nitrogens is 1. The monoisotopic (exact) mass is 433 g/mol. The summed E-state index contributed by atoms with van der Waals surface area (Å²) in [4.78, 5) is 9.52. The van der Waals surface area contributed by atoms with Gasteiger partial charge in [-0.05, 0) is 50.5 Å². The molecule has 0 aliphatic carbocycles. The summed E-state index contributed by atoms with van der Waals surface area (Å²) >= 11 is 0. The fraction of sp³-hybridized carbons (Fsp3) is 0.591. The molecule has 4 rings (SSSR count). The van der Waals surface area contributed by atoms with E-state index in [1.807, 2.05) is 26.8 Å². The summed E-state index contributed by atoms with van der Waals surface area (Å²) in [5.41, 5.74) is 4.09. The van der Waals surface area contributed by atoms with Gasteiger partial charge in [0.15, 0.2) is 9.84 Å². The lowest BCUT2D eigenvalue weighted by atomic mass is 10.0. The predicted molar refractivity (Wildman–Crippen MR) is 117 cm³/mol. The molecule has 2 fully saturated rings. The highest BCUT2D eigenvalue weighted by atomic mass is 32.2. The number of nitrogens with zero attached hydrogens (tertiary/aromatic N) is 3. The van der Waals surface area contributed by atoms with Crippen LogP contribution in [-0.2, 0) is 16.4 Å². The maximum atomic E-state index is 11.8. The number of oxazole rings is 1. The van der Waals surface area contributed by atoms with Crippen molar-refractivity contribution in [1.82, 2.24) is 14.8 Å². The Labute approximate surface area is 178 Å². The first kappa shape index (κ1) is 21.3. The normalized spacial score (nSPS) is 22.5. The molecule has 0 radical (unpaired) electrons. The molecule has 1 atom stereocenters. The molecule has 0 N–H and O–H groups in total. The summed E-state index contributed by atoms with van der Waals surface area (Å²) in [7, 11) is -1.15. The Morgan fingerprint density at radius 3 is 2.50 bits per heavy atom. The largest absolute Gasteiger partial charge is 0.496 e. The van der Waals surface area contributed by atoms with E-state index in [0.717, 1.165) is 73.0 Å². The minimum absolute atomic E-state index is 0.193. The fourth-order valence-electron chi connectivity index (χ4n) is 4.49. The Morgan fingerprint density at radius 2 is 1.87 bits per heavy atom. The molecule has 30 heavy (non-hydrogen) atoms. The highest BCUT2D eigenvalue weighted by Crippen LogP contribution is 2.31. The van der Waals surface area contributed by atoms with E-state index in [-0.39, 0.29) is 6.04 Å². The lowest BCUT2D eigenvalue weighted by Gasteiger charge is -2.37. The van der Waals surface area contributed by atoms with E-state index in [9.17, 15) is 8.42 Å². The second kappa shape index (κ2) is 8.32. The van der Waals surface area contributed by atoms with E-state index in [1.165, 1.54) is 0 Å². The molecule has 164 valence electrons. The van der Waals surface area contributed by atoms with Gasteiger partial charge >= 0.3 is 0 Å². The molecule has 2 aliphatic rings. The molecule has 0 spiro atoms. The first-order valence-corrected chi connectivity index (χ1v) is 12.4. The van der Waals surface area contributed by atoms with E-state index in [1.54, 1.807) is 7.11 Å². The van der Waals surface area contributed by atoms with Gasteiger partial charge in [0.25, 0.3) is 0 Å². The molecule has 2 aliphatic heterocycles. The predicted octanol–water partition coefficient (Wildman–Crippen LogP) is 2.58. The van der Waals surface area contributed by atoms with Gasteiger partial charge in [-0.3, -0.25) is 9.80 Å². The van der Waals surface area contributed by atoms with Gasteiger partial charge in [0.2, 0.25) is 5.89 Å². The number of hydrogen-bond donors (Lipinski definition) is 0. The third-order valence-corrected chi connectivity index (χ3v) is 8.12. The van der Waals surface area contributed by atoms with Crippen LogP contribution in [0.3, 0.4) is 0 Å². The van der Waals surface area contributed by atoms with Crippen LogP contribution in [0.4, 0.5) is 0 Å². The van der Waals surface area contributed by atoms with Crippen molar-refractivity contribution < 1.29 is 17.6 Å². The van der Waals surface area contributed by atoms with Crippen LogP contribution in [0.1, 0.15) is 29.0 Å². The Morgan fingerprint density at radius 1 is 1.13 bits per heavy atom. The maximum absolute atomic E-state index is 11.8. The Hall–Kier alpha value is -1.90. The van der Waals surface area contributed by atoms with Crippen molar-refractivity contribution in [1.29, 1.82) is 0 Å². The molecule has 3 heterocycles. The quantitative estimate of drug-likeness (QED) is 0.717. The molecule has 0 bridgehead atoms. The maximum Gasteiger partial charge on any atom is 0.226 e. The van der Waals surface area contributed by atoms with Crippen LogP contribution in [0.5, 0.6) is 5.75 Å². The lowest BCUT2D eigenvalue weighted by Crippen LogP contribution is -2.50. The van der Waals surface area contributed by atoms with E-state index < -0.39 is 9.84 Å². The zero-order chi connectivity index (χ0) is 21.5. The van der Waals surface area contributed by atoms with Crippen molar-refractivity contribution in [2.24, 2.45) is 0 Å². The van der Waals surface area contributed by atoms with Crippen LogP contribution in [0.2, 0.25) is 0 Å². The third kappa shape index (κ3) is 4.40. The van der Waals surface area contributed by atoms with Gasteiger partial charge in [-0.1, -0.05) is 0 Å². The fourth-order valence-corrected chi connectivity index (χ4v) is 6.25. The number of rotatable bonds is 5. The van der Waals surface area contributed by atoms with Gasteiger partial charge in [0.1, 0.15) is 11.5 Å². The summed E-state index contributed by atoms with van der Waals surface area (Å²) in [6, 6.07) is 4.28. The Kier molecular flexibility index (Phi) is 5.92. The second-order valence-corrected chi connectivity index (χ2v) is 10.8. The highest BCUT2D eigenvalue weighted by Gasteiger charge is 2.33. The number of piperazine rings is 1. The number of ether oxygens (including phenoxy) is 1. The van der Waals surface area contributed by atoms with Gasteiger partial charge in [-0.15, -0.1) is 0 Å². The Balaban J connectivity index is 1.41. The van der Waals surface area contributed by atoms with Gasteiger partial charge in [0.05, 0.1) is 24.3 Å². The molecule has 0 amide bonds. The zero-order valence-corrected chi connectivity index (χ0v) is 19.1. The van der Waals surface area contributed by atoms with E-state index in [4.69, 9.17) is 14.1 Å². The molecular weight excluding hydrogens is 402 g/mol. The number of methoxy groups -OCH3 is 1. The van der Waals surface area contributed by atoms with Crippen molar-refractivity contribution >= 4 is 9.84 Å². The van der Waals surface area contributed by atoms with Crippen LogP contribution in [-0.4, -0.2) is 74.0 Å². The zero-order valence-electron chi connectivity index (χ0n) is 18.3. The summed E-state index contributed by atoms with van der Waals surface area (Å²) in [6.45, 7) is 10.4. The average Bonchev–Trinajstić information content (AvgIpc) is 3.26. The highest BCUT2D eigenvalue weighted by molar-refractivity contribution is 7.91. The minimum Gasteiger partial charge on any atom is -0.496 e. The standard InChI is InChI=1S/C22H31N3O4S/c1-15-12-21(28-4)16(2)11-19(15)22-23-20(17(3)29-22)13-24-6-8-25(9-7-24)18-5-10-30(26,27)14-18/h11-12,18H,5-10,13-14H2,1-4H3. The number of hydrogen-bond acceptors (Lipinski definition) is 7. The van der Waals surface area contributed by atoms with Gasteiger partial charge in [0, 0.05) is 44.3 Å². The van der Waals surface area contributed by atoms with E-state index in [2.05, 4.69) is 15.9 Å². The smallest absolute Gasteiger partial charge is 0.226 e. The van der Waals surface area contributed by atoms with Crippen LogP contribution in [0.25, 0.3) is 11.5 Å². The molecule has 0 saturated carbocycles. The lowest BCUT2D eigenvalue weighted by molar-refractivity contribution is 0.0990. The molecule has 2 aromatic rings. The number of aryl methyl sites for hydroxylation is 3. The molecule has 1 aromatic carbocycles. The summed E-state index contributed by atoms with van der Waals surface area (Å²) in [5, 5.41) is 0. The van der Waals surface area contributed by atoms with Crippen molar-refractivity contribution in [2.75, 3.05) is 44.8 Å². The van der Waals surface area contributed by atoms with Crippen LogP contribution < -0.4 is 4.74 Å². The minimum atomic E-state index is -2.83. The van der Waals surface area contributed by atoms with E-state index >= 15 is 0 Å². The topological polar surface area (TPSA) is 75.9 Å². The summed E-state index contributed by atoms with van der Waals surface area (Å²) in [6.07, 6.45) is 0.773. The molecule has 7 nitrogen and oxygen atoms in total. The van der Waals surface area contributed by atoms with Crippen LogP contribution in [0.15, 0.2) is 16.5 Å². The summed E-state index contributed by atoms with van der Waals surface area (Å²) < 4.78 is 35.0. The van der Waals surface area contributed by atoms with E-state index in [0.29, 0.717) is 17.4 Å². The number of benzene rings is 1. The molecular formula is C22H31N3O4S. The molecule has 2 saturated heterocycles. The number of sulfone groups is 1.